The Morgan fingerprint density at radius 3 is 2.38 bits per heavy atom. The highest BCUT2D eigenvalue weighted by Crippen LogP contribution is 2.22. The van der Waals surface area contributed by atoms with E-state index < -0.39 is 0 Å². The Morgan fingerprint density at radius 2 is 1.77 bits per heavy atom. The third-order valence-electron chi connectivity index (χ3n) is 5.16. The number of hydrogen-bond acceptors (Lipinski definition) is 6. The van der Waals surface area contributed by atoms with Crippen molar-refractivity contribution in [1.29, 1.82) is 0 Å². The number of carbonyl (C=O) groups excluding carboxylic acids is 2. The molecule has 0 bridgehead atoms. The molecule has 0 aromatic heterocycles. The third-order valence-corrected chi connectivity index (χ3v) is 5.16. The first-order chi connectivity index (χ1) is 12.7. The molecule has 2 fully saturated rings. The minimum absolute atomic E-state index is 0.00302. The molecule has 142 valence electrons. The Bertz CT molecular complexity index is 606. The lowest BCUT2D eigenvalue weighted by molar-refractivity contribution is -0.142. The normalized spacial score (nSPS) is 19.2. The van der Waals surface area contributed by atoms with Gasteiger partial charge in [-0.25, -0.2) is 0 Å². The van der Waals surface area contributed by atoms with Gasteiger partial charge in [0, 0.05) is 43.5 Å². The van der Waals surface area contributed by atoms with Gasteiger partial charge < -0.3 is 20.3 Å². The highest BCUT2D eigenvalue weighted by molar-refractivity contribution is 5.92. The SMILES string of the molecule is COC(=O)CN1CCC(C(=O)Nc2ccc(N3CCNCC3)cc2)CC1. The molecule has 7 heteroatoms. The summed E-state index contributed by atoms with van der Waals surface area (Å²) < 4.78 is 4.69. The van der Waals surface area contributed by atoms with Crippen LogP contribution in [-0.2, 0) is 14.3 Å². The molecule has 2 N–H and O–H groups in total. The van der Waals surface area contributed by atoms with E-state index in [9.17, 15) is 9.59 Å². The number of anilines is 2. The summed E-state index contributed by atoms with van der Waals surface area (Å²) in [5.41, 5.74) is 2.03. The zero-order chi connectivity index (χ0) is 18.4. The van der Waals surface area contributed by atoms with Crippen LogP contribution in [0.15, 0.2) is 24.3 Å². The first kappa shape index (κ1) is 18.7. The van der Waals surface area contributed by atoms with E-state index in [1.165, 1.54) is 12.8 Å². The van der Waals surface area contributed by atoms with Gasteiger partial charge in [-0.2, -0.15) is 0 Å². The Kier molecular flexibility index (Phi) is 6.46. The fourth-order valence-corrected chi connectivity index (χ4v) is 3.52. The van der Waals surface area contributed by atoms with Gasteiger partial charge in [0.05, 0.1) is 13.7 Å². The quantitative estimate of drug-likeness (QED) is 0.761. The number of hydrogen-bond donors (Lipinski definition) is 2. The predicted molar refractivity (Wildman–Crippen MR) is 101 cm³/mol. The van der Waals surface area contributed by atoms with Crippen LogP contribution >= 0.6 is 0 Å². The van der Waals surface area contributed by atoms with Gasteiger partial charge in [-0.15, -0.1) is 0 Å². The van der Waals surface area contributed by atoms with Gasteiger partial charge in [-0.1, -0.05) is 0 Å². The average Bonchev–Trinajstić information content (AvgIpc) is 2.69. The number of rotatable bonds is 5. The van der Waals surface area contributed by atoms with Crippen LogP contribution in [0.1, 0.15) is 12.8 Å². The van der Waals surface area contributed by atoms with Crippen molar-refractivity contribution in [2.45, 2.75) is 12.8 Å². The van der Waals surface area contributed by atoms with Gasteiger partial charge in [0.25, 0.3) is 0 Å². The number of nitrogens with zero attached hydrogens (tertiary/aromatic N) is 2. The van der Waals surface area contributed by atoms with Gasteiger partial charge in [0.15, 0.2) is 0 Å². The fourth-order valence-electron chi connectivity index (χ4n) is 3.52. The molecule has 1 aromatic carbocycles. The molecule has 2 aliphatic rings. The molecule has 2 heterocycles. The van der Waals surface area contributed by atoms with Crippen LogP contribution in [-0.4, -0.2) is 69.7 Å². The number of piperidine rings is 1. The predicted octanol–water partition coefficient (Wildman–Crippen LogP) is 0.920. The van der Waals surface area contributed by atoms with Crippen LogP contribution in [0.2, 0.25) is 0 Å². The van der Waals surface area contributed by atoms with Crippen LogP contribution in [0.5, 0.6) is 0 Å². The molecule has 1 aromatic rings. The molecule has 2 saturated heterocycles. The van der Waals surface area contributed by atoms with E-state index in [1.807, 2.05) is 17.0 Å². The van der Waals surface area contributed by atoms with Crippen molar-refractivity contribution in [3.05, 3.63) is 24.3 Å². The summed E-state index contributed by atoms with van der Waals surface area (Å²) in [5, 5.41) is 6.38. The van der Waals surface area contributed by atoms with E-state index in [-0.39, 0.29) is 17.8 Å². The van der Waals surface area contributed by atoms with Crippen molar-refractivity contribution in [1.82, 2.24) is 10.2 Å². The van der Waals surface area contributed by atoms with E-state index in [2.05, 4.69) is 27.7 Å². The summed E-state index contributed by atoms with van der Waals surface area (Å²) in [6.07, 6.45) is 1.53. The fraction of sp³-hybridized carbons (Fsp3) is 0.579. The Balaban J connectivity index is 1.47. The van der Waals surface area contributed by atoms with Crippen molar-refractivity contribution < 1.29 is 14.3 Å². The number of likely N-dealkylation sites (tertiary alicyclic amines) is 1. The average molecular weight is 360 g/mol. The van der Waals surface area contributed by atoms with Gasteiger partial charge in [0.1, 0.15) is 0 Å². The summed E-state index contributed by atoms with van der Waals surface area (Å²) in [6.45, 7) is 5.83. The van der Waals surface area contributed by atoms with E-state index in [0.29, 0.717) is 6.54 Å². The van der Waals surface area contributed by atoms with Crippen LogP contribution in [0.4, 0.5) is 11.4 Å². The molecule has 0 atom stereocenters. The highest BCUT2D eigenvalue weighted by atomic mass is 16.5. The first-order valence-electron chi connectivity index (χ1n) is 9.31. The van der Waals surface area contributed by atoms with Gasteiger partial charge >= 0.3 is 5.97 Å². The van der Waals surface area contributed by atoms with E-state index in [0.717, 1.165) is 57.8 Å². The number of carbonyl (C=O) groups is 2. The lowest BCUT2D eigenvalue weighted by Crippen LogP contribution is -2.43. The minimum Gasteiger partial charge on any atom is -0.468 e. The molecular formula is C19H28N4O3. The number of benzene rings is 1. The van der Waals surface area contributed by atoms with E-state index in [4.69, 9.17) is 4.74 Å². The molecule has 0 unspecified atom stereocenters. The Morgan fingerprint density at radius 1 is 1.12 bits per heavy atom. The number of methoxy groups -OCH3 is 1. The van der Waals surface area contributed by atoms with E-state index >= 15 is 0 Å². The zero-order valence-corrected chi connectivity index (χ0v) is 15.4. The van der Waals surface area contributed by atoms with Crippen LogP contribution in [0, 0.1) is 5.92 Å². The lowest BCUT2D eigenvalue weighted by atomic mass is 9.96. The number of piperazine rings is 1. The number of amides is 1. The maximum absolute atomic E-state index is 12.5. The molecule has 26 heavy (non-hydrogen) atoms. The zero-order valence-electron chi connectivity index (χ0n) is 15.4. The van der Waals surface area contributed by atoms with Crippen LogP contribution < -0.4 is 15.5 Å². The van der Waals surface area contributed by atoms with Crippen molar-refractivity contribution in [3.8, 4) is 0 Å². The third kappa shape index (κ3) is 4.95. The molecule has 0 aliphatic carbocycles. The second-order valence-electron chi connectivity index (χ2n) is 6.90. The molecule has 3 rings (SSSR count). The Labute approximate surface area is 154 Å². The molecule has 7 nitrogen and oxygen atoms in total. The van der Waals surface area contributed by atoms with Crippen molar-refractivity contribution in [3.63, 3.8) is 0 Å². The largest absolute Gasteiger partial charge is 0.468 e. The molecule has 1 amide bonds. The summed E-state index contributed by atoms with van der Waals surface area (Å²) in [7, 11) is 1.40. The standard InChI is InChI=1S/C19H28N4O3/c1-26-18(24)14-22-10-6-15(7-11-22)19(25)21-16-2-4-17(5-3-16)23-12-8-20-9-13-23/h2-5,15,20H,6-14H2,1H3,(H,21,25). The lowest BCUT2D eigenvalue weighted by Gasteiger charge is -2.30. The maximum Gasteiger partial charge on any atom is 0.319 e. The summed E-state index contributed by atoms with van der Waals surface area (Å²) in [6, 6.07) is 8.09. The second kappa shape index (κ2) is 9.00. The minimum atomic E-state index is -0.225. The molecule has 0 radical (unpaired) electrons. The molecule has 2 aliphatic heterocycles. The van der Waals surface area contributed by atoms with Crippen LogP contribution in [0.3, 0.4) is 0 Å². The summed E-state index contributed by atoms with van der Waals surface area (Å²) in [4.78, 5) is 28.2. The van der Waals surface area contributed by atoms with Crippen molar-refractivity contribution in [2.24, 2.45) is 5.92 Å². The molecule has 0 spiro atoms. The van der Waals surface area contributed by atoms with Crippen LogP contribution in [0.25, 0.3) is 0 Å². The van der Waals surface area contributed by atoms with Crippen molar-refractivity contribution >= 4 is 23.3 Å². The van der Waals surface area contributed by atoms with Gasteiger partial charge in [-0.3, -0.25) is 14.5 Å². The molecule has 0 saturated carbocycles. The number of nitrogens with one attached hydrogen (secondary N) is 2. The smallest absolute Gasteiger partial charge is 0.319 e. The topological polar surface area (TPSA) is 73.9 Å². The van der Waals surface area contributed by atoms with Crippen molar-refractivity contribution in [2.75, 3.05) is 63.1 Å². The van der Waals surface area contributed by atoms with Gasteiger partial charge in [0.2, 0.25) is 5.91 Å². The summed E-state index contributed by atoms with van der Waals surface area (Å²) in [5.74, 6) is -0.160. The summed E-state index contributed by atoms with van der Waals surface area (Å²) >= 11 is 0. The monoisotopic (exact) mass is 360 g/mol. The van der Waals surface area contributed by atoms with E-state index in [1.54, 1.807) is 0 Å². The maximum atomic E-state index is 12.5. The first-order valence-corrected chi connectivity index (χ1v) is 9.31. The highest BCUT2D eigenvalue weighted by Gasteiger charge is 2.26. The number of ether oxygens (including phenoxy) is 1. The number of esters is 1. The second-order valence-corrected chi connectivity index (χ2v) is 6.90. The molecular weight excluding hydrogens is 332 g/mol. The Hall–Kier alpha value is -2.12. The van der Waals surface area contributed by atoms with Gasteiger partial charge in [-0.05, 0) is 50.2 Å².